The summed E-state index contributed by atoms with van der Waals surface area (Å²) in [5, 5.41) is 1.88. The molecule has 0 fully saturated rings. The largest absolute Gasteiger partial charge is 0.313 e. The number of halogens is 5. The zero-order chi connectivity index (χ0) is 46.4. The number of H-pyrrole nitrogens is 1. The first-order valence-corrected chi connectivity index (χ1v) is 23.3. The summed E-state index contributed by atoms with van der Waals surface area (Å²) in [5.74, 6) is 11.0. The summed E-state index contributed by atoms with van der Waals surface area (Å²) in [6.07, 6.45) is 7.71. The number of nitrogens with zero attached hydrogens (tertiary/aromatic N) is 5. The van der Waals surface area contributed by atoms with Gasteiger partial charge in [0.15, 0.2) is 0 Å². The lowest BCUT2D eigenvalue weighted by Gasteiger charge is -2.04. The van der Waals surface area contributed by atoms with Crippen LogP contribution in [0.5, 0.6) is 0 Å². The van der Waals surface area contributed by atoms with Crippen LogP contribution in [0.3, 0.4) is 0 Å². The van der Waals surface area contributed by atoms with Gasteiger partial charge in [0.2, 0.25) is 0 Å². The number of aromatic amines is 1. The van der Waals surface area contributed by atoms with Gasteiger partial charge in [-0.1, -0.05) is 93.0 Å². The van der Waals surface area contributed by atoms with Crippen molar-refractivity contribution in [2.75, 3.05) is 4.43 Å². The lowest BCUT2D eigenvalue weighted by molar-refractivity contribution is 0.627. The molecule has 0 amide bonds. The predicted molar refractivity (Wildman–Crippen MR) is 271 cm³/mol. The molecule has 328 valence electrons. The highest BCUT2D eigenvalue weighted by atomic mass is 127. The number of fused-ring (bicyclic) bond motifs is 3. The summed E-state index contributed by atoms with van der Waals surface area (Å²) in [6, 6.07) is 28.4. The van der Waals surface area contributed by atoms with Crippen molar-refractivity contribution in [1.82, 2.24) is 29.1 Å². The van der Waals surface area contributed by atoms with Gasteiger partial charge in [0.1, 0.15) is 11.6 Å². The maximum Gasteiger partial charge on any atom is 0.261 e. The molecule has 0 spiro atoms. The maximum atomic E-state index is 12.9. The van der Waals surface area contributed by atoms with E-state index < -0.39 is 0 Å². The van der Waals surface area contributed by atoms with E-state index in [1.807, 2.05) is 38.1 Å². The van der Waals surface area contributed by atoms with Crippen molar-refractivity contribution in [3.63, 3.8) is 0 Å². The zero-order valence-corrected chi connectivity index (χ0v) is 41.0. The summed E-state index contributed by atoms with van der Waals surface area (Å²) < 4.78 is 31.6. The number of hydrogen-bond donors (Lipinski definition) is 1. The normalized spacial score (nSPS) is 9.95. The number of aromatic nitrogens is 6. The SMILES string of the molecule is CC#Cc1ccc(F)cc1.CCCI.CCCn1cnc2cc(Br)ccc2c1=O.CCCn1cnc2cc(C#Cc3ccc(F)cc3)ccc2c1=O.O=c1[nH]cnc2cc(Br)ccc12. The molecule has 3 aromatic heterocycles. The number of aryl methyl sites for hydroxylation is 2. The van der Waals surface area contributed by atoms with Crippen molar-refractivity contribution in [2.45, 2.75) is 60.0 Å². The van der Waals surface area contributed by atoms with Crippen LogP contribution in [0.25, 0.3) is 32.7 Å². The van der Waals surface area contributed by atoms with Crippen molar-refractivity contribution in [3.8, 4) is 23.7 Å². The first kappa shape index (κ1) is 50.8. The number of rotatable bonds is 5. The number of benzene rings is 5. The Bertz CT molecular complexity index is 3100. The van der Waals surface area contributed by atoms with E-state index in [9.17, 15) is 23.2 Å². The standard InChI is InChI=1S/C19H15FN2O.C11H11BrN2O.C9H7F.C8H5BrN2O.C3H7I/c1-2-11-22-13-21-18-12-15(7-10-17(18)19(22)23)4-3-14-5-8-16(20)9-6-14;1-2-5-14-7-13-10-6-8(12)3-4-9(10)11(14)15;1-2-3-8-4-6-9(10)7-5-8;9-5-1-2-6-7(3-5)10-4-11-8(6)12;1-2-3-4/h5-10,12-13H,2,11H2,1H3;3-4,6-7H,2,5H2,1H3;4-7H,1H3;1-4H,(H,10,11,12);2-3H2,1H3. The molecule has 8 aromatic rings. The fourth-order valence-corrected chi connectivity index (χ4v) is 6.26. The molecular weight excluding hydrogens is 1060 g/mol. The van der Waals surface area contributed by atoms with E-state index in [1.165, 1.54) is 41.4 Å². The molecule has 8 rings (SSSR count). The molecule has 0 saturated heterocycles. The molecule has 0 aliphatic rings. The van der Waals surface area contributed by atoms with Gasteiger partial charge in [-0.2, -0.15) is 0 Å². The molecular formula is C50H45Br2F2IN6O3. The summed E-state index contributed by atoms with van der Waals surface area (Å²) in [6.45, 7) is 9.37. The number of alkyl halides is 1. The third-order valence-corrected chi connectivity index (χ3v) is 10.7. The van der Waals surface area contributed by atoms with Gasteiger partial charge in [-0.25, -0.2) is 23.7 Å². The van der Waals surface area contributed by atoms with Gasteiger partial charge in [-0.05, 0) is 134 Å². The van der Waals surface area contributed by atoms with Gasteiger partial charge in [0.25, 0.3) is 16.7 Å². The summed E-state index contributed by atoms with van der Waals surface area (Å²) in [4.78, 5) is 50.5. The van der Waals surface area contributed by atoms with Gasteiger partial charge < -0.3 is 4.98 Å². The third-order valence-electron chi connectivity index (χ3n) is 8.64. The molecule has 0 radical (unpaired) electrons. The van der Waals surface area contributed by atoms with Gasteiger partial charge >= 0.3 is 0 Å². The highest BCUT2D eigenvalue weighted by Crippen LogP contribution is 2.16. The Balaban J connectivity index is 0.000000190. The Kier molecular flexibility index (Phi) is 21.2. The lowest BCUT2D eigenvalue weighted by atomic mass is 10.1. The monoisotopic (exact) mass is 1100 g/mol. The average Bonchev–Trinajstić information content (AvgIpc) is 3.30. The van der Waals surface area contributed by atoms with E-state index in [4.69, 9.17) is 0 Å². The van der Waals surface area contributed by atoms with E-state index >= 15 is 0 Å². The first-order chi connectivity index (χ1) is 30.9. The van der Waals surface area contributed by atoms with Crippen molar-refractivity contribution >= 4 is 87.2 Å². The molecule has 14 heteroatoms. The van der Waals surface area contributed by atoms with E-state index in [0.717, 1.165) is 50.5 Å². The quantitative estimate of drug-likeness (QED) is 0.104. The lowest BCUT2D eigenvalue weighted by Crippen LogP contribution is -2.20. The molecule has 0 aliphatic carbocycles. The van der Waals surface area contributed by atoms with Crippen molar-refractivity contribution < 1.29 is 8.78 Å². The Morgan fingerprint density at radius 2 is 1.00 bits per heavy atom. The molecule has 0 bridgehead atoms. The second kappa shape index (κ2) is 26.7. The van der Waals surface area contributed by atoms with E-state index in [2.05, 4.69) is 105 Å². The zero-order valence-electron chi connectivity index (χ0n) is 35.6. The maximum absolute atomic E-state index is 12.9. The Morgan fingerprint density at radius 3 is 1.48 bits per heavy atom. The molecule has 5 aromatic carbocycles. The van der Waals surface area contributed by atoms with Crippen LogP contribution in [0, 0.1) is 35.3 Å². The average molecular weight is 1100 g/mol. The smallest absolute Gasteiger partial charge is 0.261 e. The van der Waals surface area contributed by atoms with Crippen LogP contribution in [0.15, 0.2) is 145 Å². The Morgan fingerprint density at radius 1 is 0.578 bits per heavy atom. The summed E-state index contributed by atoms with van der Waals surface area (Å²) >= 11 is 9.01. The predicted octanol–water partition coefficient (Wildman–Crippen LogP) is 11.6. The van der Waals surface area contributed by atoms with Crippen LogP contribution < -0.4 is 16.7 Å². The molecule has 0 atom stereocenters. The first-order valence-electron chi connectivity index (χ1n) is 20.2. The second-order valence-corrected chi connectivity index (χ2v) is 16.5. The molecule has 1 N–H and O–H groups in total. The van der Waals surface area contributed by atoms with Crippen LogP contribution in [-0.2, 0) is 13.1 Å². The van der Waals surface area contributed by atoms with Gasteiger partial charge in [-0.3, -0.25) is 23.5 Å². The number of hydrogen-bond acceptors (Lipinski definition) is 6. The van der Waals surface area contributed by atoms with E-state index in [1.54, 1.807) is 83.3 Å². The minimum Gasteiger partial charge on any atom is -0.313 e. The van der Waals surface area contributed by atoms with Crippen molar-refractivity contribution in [2.24, 2.45) is 0 Å². The number of nitrogens with one attached hydrogen (secondary N) is 1. The van der Waals surface area contributed by atoms with Crippen LogP contribution in [0.2, 0.25) is 0 Å². The van der Waals surface area contributed by atoms with Gasteiger partial charge in [0, 0.05) is 38.7 Å². The van der Waals surface area contributed by atoms with Crippen LogP contribution in [0.4, 0.5) is 8.78 Å². The third kappa shape index (κ3) is 15.8. The van der Waals surface area contributed by atoms with Gasteiger partial charge in [0.05, 0.1) is 51.7 Å². The Labute approximate surface area is 400 Å². The minimum absolute atomic E-state index is 0.0325. The topological polar surface area (TPSA) is 116 Å². The summed E-state index contributed by atoms with van der Waals surface area (Å²) in [5.41, 5.74) is 4.32. The van der Waals surface area contributed by atoms with E-state index in [-0.39, 0.29) is 28.3 Å². The van der Waals surface area contributed by atoms with Crippen molar-refractivity contribution in [3.05, 3.63) is 190 Å². The van der Waals surface area contributed by atoms with Crippen molar-refractivity contribution in [1.29, 1.82) is 0 Å². The van der Waals surface area contributed by atoms with Crippen LogP contribution in [0.1, 0.15) is 63.6 Å². The molecule has 9 nitrogen and oxygen atoms in total. The van der Waals surface area contributed by atoms with Gasteiger partial charge in [-0.15, -0.1) is 5.92 Å². The minimum atomic E-state index is -0.284. The molecule has 3 heterocycles. The van der Waals surface area contributed by atoms with E-state index in [0.29, 0.717) is 33.7 Å². The fourth-order valence-electron chi connectivity index (χ4n) is 5.56. The highest BCUT2D eigenvalue weighted by molar-refractivity contribution is 14.1. The fraction of sp³-hybridized carbons (Fsp3) is 0.200. The molecule has 64 heavy (non-hydrogen) atoms. The molecule has 0 saturated carbocycles. The molecule has 0 aliphatic heterocycles. The second-order valence-electron chi connectivity index (χ2n) is 13.6. The van der Waals surface area contributed by atoms with Crippen LogP contribution >= 0.6 is 54.5 Å². The Hall–Kier alpha value is -5.81. The highest BCUT2D eigenvalue weighted by Gasteiger charge is 2.05. The summed E-state index contributed by atoms with van der Waals surface area (Å²) in [7, 11) is 0. The van der Waals surface area contributed by atoms with Crippen LogP contribution in [-0.4, -0.2) is 33.5 Å². The molecule has 0 unspecified atom stereocenters.